The van der Waals surface area contributed by atoms with Crippen molar-refractivity contribution in [3.8, 4) is 17.2 Å². The van der Waals surface area contributed by atoms with Gasteiger partial charge in [-0.1, -0.05) is 6.92 Å². The van der Waals surface area contributed by atoms with Crippen molar-refractivity contribution in [2.45, 2.75) is 38.4 Å². The zero-order valence-corrected chi connectivity index (χ0v) is 17.4. The molecule has 0 saturated carbocycles. The van der Waals surface area contributed by atoms with Crippen LogP contribution in [0.4, 0.5) is 5.69 Å². The van der Waals surface area contributed by atoms with Crippen LogP contribution in [0.2, 0.25) is 0 Å². The Labute approximate surface area is 172 Å². The predicted molar refractivity (Wildman–Crippen MR) is 114 cm³/mol. The van der Waals surface area contributed by atoms with Gasteiger partial charge in [-0.15, -0.1) is 0 Å². The molecule has 1 unspecified atom stereocenters. The maximum absolute atomic E-state index is 12.6. The maximum atomic E-state index is 12.6. The summed E-state index contributed by atoms with van der Waals surface area (Å²) in [4.78, 5) is 14.9. The lowest BCUT2D eigenvalue weighted by atomic mass is 10.1. The summed E-state index contributed by atoms with van der Waals surface area (Å²) < 4.78 is 17.0. The summed E-state index contributed by atoms with van der Waals surface area (Å²) in [6.07, 6.45) is 2.33. The van der Waals surface area contributed by atoms with E-state index in [1.807, 2.05) is 43.3 Å². The number of rotatable bonds is 8. The fourth-order valence-electron chi connectivity index (χ4n) is 3.28. The number of likely N-dealkylation sites (tertiary alicyclic amines) is 1. The van der Waals surface area contributed by atoms with Gasteiger partial charge in [-0.25, -0.2) is 0 Å². The van der Waals surface area contributed by atoms with Gasteiger partial charge in [-0.2, -0.15) is 0 Å². The largest absolute Gasteiger partial charge is 0.497 e. The zero-order valence-electron chi connectivity index (χ0n) is 17.4. The molecule has 1 saturated heterocycles. The molecule has 0 aromatic heterocycles. The molecule has 29 heavy (non-hydrogen) atoms. The molecule has 2 aromatic rings. The van der Waals surface area contributed by atoms with Crippen LogP contribution in [-0.2, 0) is 4.79 Å². The van der Waals surface area contributed by atoms with E-state index in [2.05, 4.69) is 17.3 Å². The number of carbonyl (C=O) groups excluding carboxylic acids is 1. The summed E-state index contributed by atoms with van der Waals surface area (Å²) >= 11 is 0. The topological polar surface area (TPSA) is 60.0 Å². The number of methoxy groups -OCH3 is 1. The molecule has 156 valence electrons. The van der Waals surface area contributed by atoms with Crippen molar-refractivity contribution < 1.29 is 19.0 Å². The van der Waals surface area contributed by atoms with Crippen molar-refractivity contribution in [3.05, 3.63) is 48.5 Å². The average molecular weight is 399 g/mol. The fourth-order valence-corrected chi connectivity index (χ4v) is 3.28. The predicted octanol–water partition coefficient (Wildman–Crippen LogP) is 3.96. The van der Waals surface area contributed by atoms with Crippen LogP contribution in [0.15, 0.2) is 48.5 Å². The normalized spacial score (nSPS) is 16.1. The summed E-state index contributed by atoms with van der Waals surface area (Å²) in [7, 11) is 3.75. The zero-order chi connectivity index (χ0) is 20.6. The minimum Gasteiger partial charge on any atom is -0.497 e. The van der Waals surface area contributed by atoms with Gasteiger partial charge in [-0.05, 0) is 74.8 Å². The third-order valence-electron chi connectivity index (χ3n) is 5.09. The van der Waals surface area contributed by atoms with Gasteiger partial charge in [0.2, 0.25) is 0 Å². The molecular formula is C23H30N2O4. The van der Waals surface area contributed by atoms with Crippen molar-refractivity contribution in [1.82, 2.24) is 4.90 Å². The Morgan fingerprint density at radius 2 is 1.62 bits per heavy atom. The SMILES string of the molecule is CCC(Oc1ccc(OC)cc1)C(=O)Nc1ccc(OC2CCN(C)CC2)cc1. The fraction of sp³-hybridized carbons (Fsp3) is 0.435. The van der Waals surface area contributed by atoms with Gasteiger partial charge in [0.25, 0.3) is 5.91 Å². The van der Waals surface area contributed by atoms with E-state index in [0.717, 1.165) is 43.1 Å². The molecule has 1 fully saturated rings. The highest BCUT2D eigenvalue weighted by Gasteiger charge is 2.20. The number of amides is 1. The molecule has 0 aliphatic carbocycles. The number of carbonyl (C=O) groups is 1. The molecule has 1 aliphatic heterocycles. The first-order chi connectivity index (χ1) is 14.1. The van der Waals surface area contributed by atoms with Gasteiger partial charge >= 0.3 is 0 Å². The highest BCUT2D eigenvalue weighted by Crippen LogP contribution is 2.22. The Kier molecular flexibility index (Phi) is 7.36. The second-order valence-electron chi connectivity index (χ2n) is 7.32. The lowest BCUT2D eigenvalue weighted by Crippen LogP contribution is -2.35. The number of ether oxygens (including phenoxy) is 3. The molecular weight excluding hydrogens is 368 g/mol. The lowest BCUT2D eigenvalue weighted by Gasteiger charge is -2.29. The van der Waals surface area contributed by atoms with Crippen molar-refractivity contribution in [2.24, 2.45) is 0 Å². The van der Waals surface area contributed by atoms with Gasteiger partial charge in [-0.3, -0.25) is 4.79 Å². The average Bonchev–Trinajstić information content (AvgIpc) is 2.75. The number of hydrogen-bond donors (Lipinski definition) is 1. The van der Waals surface area contributed by atoms with Gasteiger partial charge < -0.3 is 24.4 Å². The van der Waals surface area contributed by atoms with Crippen LogP contribution in [0.5, 0.6) is 17.2 Å². The van der Waals surface area contributed by atoms with E-state index in [4.69, 9.17) is 14.2 Å². The van der Waals surface area contributed by atoms with Crippen molar-refractivity contribution >= 4 is 11.6 Å². The van der Waals surface area contributed by atoms with E-state index in [9.17, 15) is 4.79 Å². The highest BCUT2D eigenvalue weighted by atomic mass is 16.5. The summed E-state index contributed by atoms with van der Waals surface area (Å²) in [5.74, 6) is 2.04. The highest BCUT2D eigenvalue weighted by molar-refractivity contribution is 5.94. The standard InChI is InChI=1S/C23H30N2O4/c1-4-22(29-20-11-9-18(27-3)10-12-20)23(26)24-17-5-7-19(8-6-17)28-21-13-15-25(2)16-14-21/h5-12,21-22H,4,13-16H2,1-3H3,(H,24,26). The molecule has 1 amide bonds. The number of piperidine rings is 1. The number of hydrogen-bond acceptors (Lipinski definition) is 5. The third kappa shape index (κ3) is 6.12. The number of nitrogens with zero attached hydrogens (tertiary/aromatic N) is 1. The molecule has 1 heterocycles. The molecule has 1 N–H and O–H groups in total. The second-order valence-corrected chi connectivity index (χ2v) is 7.32. The van der Waals surface area contributed by atoms with Gasteiger partial charge in [0.1, 0.15) is 23.4 Å². The second kappa shape index (κ2) is 10.2. The summed E-state index contributed by atoms with van der Waals surface area (Å²) in [5.41, 5.74) is 0.725. The van der Waals surface area contributed by atoms with E-state index in [1.54, 1.807) is 19.2 Å². The third-order valence-corrected chi connectivity index (χ3v) is 5.09. The summed E-state index contributed by atoms with van der Waals surface area (Å²) in [5, 5.41) is 2.92. The molecule has 0 radical (unpaired) electrons. The van der Waals surface area contributed by atoms with Gasteiger partial charge in [0.05, 0.1) is 7.11 Å². The molecule has 6 heteroatoms. The molecule has 0 spiro atoms. The van der Waals surface area contributed by atoms with Crippen LogP contribution in [0, 0.1) is 0 Å². The van der Waals surface area contributed by atoms with E-state index in [-0.39, 0.29) is 12.0 Å². The Morgan fingerprint density at radius 3 is 2.21 bits per heavy atom. The molecule has 3 rings (SSSR count). The first-order valence-corrected chi connectivity index (χ1v) is 10.1. The van der Waals surface area contributed by atoms with E-state index >= 15 is 0 Å². The minimum absolute atomic E-state index is 0.174. The van der Waals surface area contributed by atoms with Crippen LogP contribution < -0.4 is 19.5 Å². The monoisotopic (exact) mass is 398 g/mol. The molecule has 0 bridgehead atoms. The summed E-state index contributed by atoms with van der Waals surface area (Å²) in [6.45, 7) is 4.04. The molecule has 1 atom stereocenters. The number of anilines is 1. The Hall–Kier alpha value is -2.73. The van der Waals surface area contributed by atoms with Crippen LogP contribution in [-0.4, -0.2) is 50.3 Å². The van der Waals surface area contributed by atoms with Crippen molar-refractivity contribution in [1.29, 1.82) is 0 Å². The smallest absolute Gasteiger partial charge is 0.265 e. The van der Waals surface area contributed by atoms with Gasteiger partial charge in [0, 0.05) is 18.8 Å². The maximum Gasteiger partial charge on any atom is 0.265 e. The molecule has 1 aliphatic rings. The van der Waals surface area contributed by atoms with Crippen LogP contribution in [0.1, 0.15) is 26.2 Å². The molecule has 2 aromatic carbocycles. The van der Waals surface area contributed by atoms with E-state index < -0.39 is 6.10 Å². The van der Waals surface area contributed by atoms with Crippen LogP contribution in [0.3, 0.4) is 0 Å². The Morgan fingerprint density at radius 1 is 1.03 bits per heavy atom. The minimum atomic E-state index is -0.571. The van der Waals surface area contributed by atoms with E-state index in [1.165, 1.54) is 0 Å². The summed E-state index contributed by atoms with van der Waals surface area (Å²) in [6, 6.07) is 14.7. The van der Waals surface area contributed by atoms with Crippen LogP contribution in [0.25, 0.3) is 0 Å². The van der Waals surface area contributed by atoms with Crippen LogP contribution >= 0.6 is 0 Å². The first kappa shape index (κ1) is 21.0. The van der Waals surface area contributed by atoms with Gasteiger partial charge in [0.15, 0.2) is 6.10 Å². The lowest BCUT2D eigenvalue weighted by molar-refractivity contribution is -0.122. The number of nitrogens with one attached hydrogen (secondary N) is 1. The Balaban J connectivity index is 1.52. The Bertz CT molecular complexity index is 768. The van der Waals surface area contributed by atoms with E-state index in [0.29, 0.717) is 12.2 Å². The first-order valence-electron chi connectivity index (χ1n) is 10.1. The quantitative estimate of drug-likeness (QED) is 0.729. The van der Waals surface area contributed by atoms with Crippen molar-refractivity contribution in [3.63, 3.8) is 0 Å². The van der Waals surface area contributed by atoms with Crippen molar-refractivity contribution in [2.75, 3.05) is 32.6 Å². The molecule has 6 nitrogen and oxygen atoms in total. The number of benzene rings is 2.